The maximum atomic E-state index is 9.79. The number of hydrogen-bond acceptors (Lipinski definition) is 2. The van der Waals surface area contributed by atoms with Crippen molar-refractivity contribution in [3.05, 3.63) is 0 Å². The molecule has 0 heterocycles. The van der Waals surface area contributed by atoms with Gasteiger partial charge in [0, 0.05) is 0 Å². The van der Waals surface area contributed by atoms with Gasteiger partial charge in [-0.15, -0.1) is 6.61 Å². The first-order chi connectivity index (χ1) is 3.06. The van der Waals surface area contributed by atoms with Gasteiger partial charge in [0.05, 0.1) is 5.60 Å². The van der Waals surface area contributed by atoms with Crippen LogP contribution in [0.1, 0.15) is 20.3 Å². The second kappa shape index (κ2) is 4.77. The van der Waals surface area contributed by atoms with E-state index in [0.29, 0.717) is 6.42 Å². The van der Waals surface area contributed by atoms with E-state index in [4.69, 9.17) is 5.11 Å². The molecule has 0 aliphatic heterocycles. The molecule has 0 aliphatic rings. The smallest absolute Gasteiger partial charge is 0.854 e. The van der Waals surface area contributed by atoms with Gasteiger partial charge in [-0.25, -0.2) is 0 Å². The van der Waals surface area contributed by atoms with Gasteiger partial charge in [0.1, 0.15) is 0 Å². The Morgan fingerprint density at radius 3 is 1.88 bits per heavy atom. The van der Waals surface area contributed by atoms with E-state index in [1.54, 1.807) is 13.8 Å². The van der Waals surface area contributed by atoms with Crippen molar-refractivity contribution in [2.75, 3.05) is 6.61 Å². The van der Waals surface area contributed by atoms with E-state index in [9.17, 15) is 5.11 Å². The molecule has 0 bridgehead atoms. The van der Waals surface area contributed by atoms with Crippen LogP contribution < -0.4 is 34.7 Å². The van der Waals surface area contributed by atoms with Crippen LogP contribution in [0.3, 0.4) is 0 Å². The molecule has 0 aromatic carbocycles. The van der Waals surface area contributed by atoms with Gasteiger partial charge < -0.3 is 10.2 Å². The van der Waals surface area contributed by atoms with Crippen molar-refractivity contribution in [2.24, 2.45) is 0 Å². The van der Waals surface area contributed by atoms with E-state index in [0.717, 1.165) is 0 Å². The standard InChI is InChI=1S/C5H11O2.Na/c1-5(2,7)3-4-6;/h7H,3-4H2,1-2H3;/q-1;+1. The average Bonchev–Trinajstić information content (AvgIpc) is 1.30. The maximum Gasteiger partial charge on any atom is 1.00 e. The van der Waals surface area contributed by atoms with Crippen molar-refractivity contribution in [3.8, 4) is 0 Å². The van der Waals surface area contributed by atoms with Gasteiger partial charge in [-0.3, -0.25) is 0 Å². The molecule has 0 aliphatic carbocycles. The molecule has 0 saturated heterocycles. The first-order valence-corrected chi connectivity index (χ1v) is 2.37. The number of rotatable bonds is 2. The Kier molecular flexibility index (Phi) is 6.96. The van der Waals surface area contributed by atoms with E-state index in [1.165, 1.54) is 0 Å². The van der Waals surface area contributed by atoms with Crippen molar-refractivity contribution in [1.82, 2.24) is 0 Å². The quantitative estimate of drug-likeness (QED) is 0.390. The first-order valence-electron chi connectivity index (χ1n) is 2.37. The van der Waals surface area contributed by atoms with E-state index in [2.05, 4.69) is 0 Å². The second-order valence-electron chi connectivity index (χ2n) is 2.27. The normalized spacial score (nSPS) is 10.5. The van der Waals surface area contributed by atoms with Crippen LogP contribution in [0.25, 0.3) is 0 Å². The van der Waals surface area contributed by atoms with Crippen molar-refractivity contribution >= 4 is 0 Å². The van der Waals surface area contributed by atoms with Crippen molar-refractivity contribution in [1.29, 1.82) is 0 Å². The molecule has 0 aromatic heterocycles. The molecule has 0 fully saturated rings. The van der Waals surface area contributed by atoms with Gasteiger partial charge in [-0.2, -0.15) is 0 Å². The third kappa shape index (κ3) is 10.0. The molecular weight excluding hydrogens is 115 g/mol. The number of aliphatic hydroxyl groups is 1. The zero-order valence-electron chi connectivity index (χ0n) is 5.77. The Bertz CT molecular complexity index is 48.9. The van der Waals surface area contributed by atoms with Gasteiger partial charge in [0.25, 0.3) is 0 Å². The Labute approximate surface area is 72.2 Å². The molecule has 0 rings (SSSR count). The molecule has 0 radical (unpaired) electrons. The van der Waals surface area contributed by atoms with Crippen molar-refractivity contribution in [2.45, 2.75) is 25.9 Å². The van der Waals surface area contributed by atoms with Crippen LogP contribution in [0.5, 0.6) is 0 Å². The summed E-state index contributed by atoms with van der Waals surface area (Å²) in [6.07, 6.45) is 0.340. The summed E-state index contributed by atoms with van der Waals surface area (Å²) in [5.74, 6) is 0. The van der Waals surface area contributed by atoms with Gasteiger partial charge >= 0.3 is 29.6 Å². The SMILES string of the molecule is CC(C)(O)CC[O-].[Na+]. The van der Waals surface area contributed by atoms with Crippen LogP contribution >= 0.6 is 0 Å². The van der Waals surface area contributed by atoms with Crippen molar-refractivity contribution in [3.63, 3.8) is 0 Å². The Hall–Kier alpha value is 0.920. The molecule has 0 unspecified atom stereocenters. The Morgan fingerprint density at radius 1 is 1.50 bits per heavy atom. The minimum atomic E-state index is -0.762. The van der Waals surface area contributed by atoms with Crippen LogP contribution in [0.2, 0.25) is 0 Å². The van der Waals surface area contributed by atoms with Gasteiger partial charge in [0.2, 0.25) is 0 Å². The fourth-order valence-corrected chi connectivity index (χ4v) is 0.250. The molecule has 8 heavy (non-hydrogen) atoms. The monoisotopic (exact) mass is 126 g/mol. The summed E-state index contributed by atoms with van der Waals surface area (Å²) in [6, 6.07) is 0. The second-order valence-corrected chi connectivity index (χ2v) is 2.27. The molecule has 0 amide bonds. The van der Waals surface area contributed by atoms with E-state index >= 15 is 0 Å². The summed E-state index contributed by atoms with van der Waals surface area (Å²) in [7, 11) is 0. The predicted molar refractivity (Wildman–Crippen MR) is 25.8 cm³/mol. The summed E-state index contributed by atoms with van der Waals surface area (Å²) in [6.45, 7) is 3.07. The van der Waals surface area contributed by atoms with E-state index in [1.807, 2.05) is 0 Å². The summed E-state index contributed by atoms with van der Waals surface area (Å²) in [5.41, 5.74) is -0.762. The molecule has 44 valence electrons. The molecule has 0 saturated carbocycles. The largest absolute Gasteiger partial charge is 1.00 e. The molecule has 3 heteroatoms. The van der Waals surface area contributed by atoms with E-state index < -0.39 is 5.60 Å². The van der Waals surface area contributed by atoms with Gasteiger partial charge in [0.15, 0.2) is 0 Å². The van der Waals surface area contributed by atoms with Crippen LogP contribution in [-0.2, 0) is 0 Å². The van der Waals surface area contributed by atoms with Crippen molar-refractivity contribution < 1.29 is 39.8 Å². The fourth-order valence-electron chi connectivity index (χ4n) is 0.250. The van der Waals surface area contributed by atoms with Gasteiger partial charge in [-0.1, -0.05) is 0 Å². The zero-order valence-corrected chi connectivity index (χ0v) is 7.77. The summed E-state index contributed by atoms with van der Waals surface area (Å²) >= 11 is 0. The fraction of sp³-hybridized carbons (Fsp3) is 1.00. The third-order valence-corrected chi connectivity index (χ3v) is 0.714. The topological polar surface area (TPSA) is 43.3 Å². The summed E-state index contributed by atoms with van der Waals surface area (Å²) < 4.78 is 0. The first kappa shape index (κ1) is 11.7. The van der Waals surface area contributed by atoms with Crippen LogP contribution in [0.4, 0.5) is 0 Å². The molecule has 0 spiro atoms. The third-order valence-electron chi connectivity index (χ3n) is 0.714. The summed E-state index contributed by atoms with van der Waals surface area (Å²) in [5, 5.41) is 18.6. The maximum absolute atomic E-state index is 9.79. The van der Waals surface area contributed by atoms with Crippen LogP contribution in [-0.4, -0.2) is 17.3 Å². The minimum absolute atomic E-state index is 0. The minimum Gasteiger partial charge on any atom is -0.854 e. The molecule has 0 atom stereocenters. The molecule has 1 N–H and O–H groups in total. The Balaban J connectivity index is 0. The average molecular weight is 126 g/mol. The Morgan fingerprint density at radius 2 is 1.88 bits per heavy atom. The van der Waals surface area contributed by atoms with Gasteiger partial charge in [-0.05, 0) is 20.3 Å². The van der Waals surface area contributed by atoms with Crippen LogP contribution in [0, 0.1) is 0 Å². The summed E-state index contributed by atoms with van der Waals surface area (Å²) in [4.78, 5) is 0. The van der Waals surface area contributed by atoms with E-state index in [-0.39, 0.29) is 36.2 Å². The molecule has 2 nitrogen and oxygen atoms in total. The molecular formula is C5H11NaO2. The predicted octanol–water partition coefficient (Wildman–Crippen LogP) is -3.49. The number of hydrogen-bond donors (Lipinski definition) is 1. The zero-order chi connectivity index (χ0) is 5.91. The molecule has 0 aromatic rings. The van der Waals surface area contributed by atoms with Crippen LogP contribution in [0.15, 0.2) is 0 Å².